The van der Waals surface area contributed by atoms with Crippen molar-refractivity contribution in [3.05, 3.63) is 71.1 Å². The zero-order valence-corrected chi connectivity index (χ0v) is 11.3. The van der Waals surface area contributed by atoms with Crippen molar-refractivity contribution in [1.82, 2.24) is 9.97 Å². The molecule has 0 unspecified atom stereocenters. The molecule has 20 heavy (non-hydrogen) atoms. The van der Waals surface area contributed by atoms with Crippen LogP contribution in [0.25, 0.3) is 10.9 Å². The van der Waals surface area contributed by atoms with Gasteiger partial charge in [-0.3, -0.25) is 9.78 Å². The molecule has 2 heterocycles. The van der Waals surface area contributed by atoms with Gasteiger partial charge in [-0.15, -0.1) is 0 Å². The Bertz CT molecular complexity index is 764. The van der Waals surface area contributed by atoms with E-state index in [1.807, 2.05) is 30.3 Å². The van der Waals surface area contributed by atoms with E-state index in [1.54, 1.807) is 18.3 Å². The minimum Gasteiger partial charge on any atom is -0.294 e. The van der Waals surface area contributed by atoms with Crippen molar-refractivity contribution >= 4 is 28.3 Å². The van der Waals surface area contributed by atoms with E-state index in [0.717, 1.165) is 16.5 Å². The van der Waals surface area contributed by atoms with Crippen LogP contribution < -0.4 is 0 Å². The van der Waals surface area contributed by atoms with Crippen LogP contribution in [0, 0.1) is 0 Å². The van der Waals surface area contributed by atoms with Crippen molar-refractivity contribution in [2.45, 2.75) is 6.42 Å². The molecule has 0 N–H and O–H groups in total. The topological polar surface area (TPSA) is 42.9 Å². The van der Waals surface area contributed by atoms with E-state index in [0.29, 0.717) is 17.1 Å². The highest BCUT2D eigenvalue weighted by molar-refractivity contribution is 6.29. The standard InChI is InChI=1S/C16H11ClN2O/c17-16-6-5-12(10-19-16)15(20)9-11-7-8-18-14-4-2-1-3-13(11)14/h1-8,10H,9H2. The van der Waals surface area contributed by atoms with Crippen LogP contribution in [-0.4, -0.2) is 15.8 Å². The summed E-state index contributed by atoms with van der Waals surface area (Å²) in [6.07, 6.45) is 3.56. The highest BCUT2D eigenvalue weighted by atomic mass is 35.5. The number of ketones is 1. The highest BCUT2D eigenvalue weighted by Crippen LogP contribution is 2.18. The van der Waals surface area contributed by atoms with Crippen LogP contribution >= 0.6 is 11.6 Å². The average Bonchev–Trinajstić information content (AvgIpc) is 2.48. The van der Waals surface area contributed by atoms with E-state index in [2.05, 4.69) is 9.97 Å². The van der Waals surface area contributed by atoms with E-state index in [9.17, 15) is 4.79 Å². The van der Waals surface area contributed by atoms with Gasteiger partial charge in [-0.1, -0.05) is 29.8 Å². The lowest BCUT2D eigenvalue weighted by Gasteiger charge is -2.05. The molecule has 1 aromatic carbocycles. The molecule has 0 saturated heterocycles. The molecule has 0 radical (unpaired) electrons. The van der Waals surface area contributed by atoms with Gasteiger partial charge in [0.1, 0.15) is 5.15 Å². The smallest absolute Gasteiger partial charge is 0.168 e. The lowest BCUT2D eigenvalue weighted by Crippen LogP contribution is -2.04. The molecule has 0 atom stereocenters. The number of hydrogen-bond acceptors (Lipinski definition) is 3. The predicted molar refractivity (Wildman–Crippen MR) is 79.0 cm³/mol. The monoisotopic (exact) mass is 282 g/mol. The Hall–Kier alpha value is -2.26. The van der Waals surface area contributed by atoms with Gasteiger partial charge in [0.2, 0.25) is 0 Å². The predicted octanol–water partition coefficient (Wildman–Crippen LogP) is 3.71. The molecule has 3 nitrogen and oxygen atoms in total. The molecule has 3 aromatic rings. The molecule has 4 heteroatoms. The lowest BCUT2D eigenvalue weighted by molar-refractivity contribution is 0.0993. The fourth-order valence-electron chi connectivity index (χ4n) is 2.13. The molecule has 0 saturated carbocycles. The lowest BCUT2D eigenvalue weighted by atomic mass is 10.0. The average molecular weight is 283 g/mol. The summed E-state index contributed by atoms with van der Waals surface area (Å²) in [5, 5.41) is 1.39. The second kappa shape index (κ2) is 5.39. The first kappa shape index (κ1) is 12.8. The van der Waals surface area contributed by atoms with E-state index >= 15 is 0 Å². The Morgan fingerprint density at radius 2 is 1.90 bits per heavy atom. The maximum Gasteiger partial charge on any atom is 0.168 e. The maximum atomic E-state index is 12.3. The number of hydrogen-bond donors (Lipinski definition) is 0. The van der Waals surface area contributed by atoms with E-state index < -0.39 is 0 Å². The summed E-state index contributed by atoms with van der Waals surface area (Å²) in [5.74, 6) is 0.0190. The third kappa shape index (κ3) is 2.53. The fourth-order valence-corrected chi connectivity index (χ4v) is 2.24. The molecule has 0 aliphatic heterocycles. The van der Waals surface area contributed by atoms with Crippen molar-refractivity contribution in [2.75, 3.05) is 0 Å². The number of nitrogens with zero attached hydrogens (tertiary/aromatic N) is 2. The van der Waals surface area contributed by atoms with Gasteiger partial charge in [0.25, 0.3) is 0 Å². The van der Waals surface area contributed by atoms with E-state index in [1.165, 1.54) is 6.20 Å². The van der Waals surface area contributed by atoms with E-state index in [-0.39, 0.29) is 5.78 Å². The molecular formula is C16H11ClN2O. The molecule has 0 aliphatic rings. The summed E-state index contributed by atoms with van der Waals surface area (Å²) in [6.45, 7) is 0. The van der Waals surface area contributed by atoms with E-state index in [4.69, 9.17) is 11.6 Å². The SMILES string of the molecule is O=C(Cc1ccnc2ccccc12)c1ccc(Cl)nc1. The number of rotatable bonds is 3. The number of halogens is 1. The summed E-state index contributed by atoms with van der Waals surface area (Å²) in [4.78, 5) is 20.5. The van der Waals surface area contributed by atoms with Gasteiger partial charge >= 0.3 is 0 Å². The number of benzene rings is 1. The summed E-state index contributed by atoms with van der Waals surface area (Å²) in [6, 6.07) is 13.0. The Labute approximate surface area is 121 Å². The second-order valence-electron chi connectivity index (χ2n) is 4.46. The van der Waals surface area contributed by atoms with Gasteiger partial charge in [-0.05, 0) is 29.8 Å². The third-order valence-corrected chi connectivity index (χ3v) is 3.36. The van der Waals surface area contributed by atoms with Gasteiger partial charge in [-0.25, -0.2) is 4.98 Å². The summed E-state index contributed by atoms with van der Waals surface area (Å²) >= 11 is 5.72. The summed E-state index contributed by atoms with van der Waals surface area (Å²) in [5.41, 5.74) is 2.43. The number of fused-ring (bicyclic) bond motifs is 1. The Morgan fingerprint density at radius 1 is 1.05 bits per heavy atom. The minimum absolute atomic E-state index is 0.0190. The molecular weight excluding hydrogens is 272 g/mol. The zero-order valence-electron chi connectivity index (χ0n) is 10.6. The third-order valence-electron chi connectivity index (χ3n) is 3.14. The molecule has 98 valence electrons. The largest absolute Gasteiger partial charge is 0.294 e. The quantitative estimate of drug-likeness (QED) is 0.543. The summed E-state index contributed by atoms with van der Waals surface area (Å²) < 4.78 is 0. The number of carbonyl (C=O) groups is 1. The molecule has 3 rings (SSSR count). The van der Waals surface area contributed by atoms with Crippen LogP contribution in [0.5, 0.6) is 0 Å². The van der Waals surface area contributed by atoms with Crippen molar-refractivity contribution in [3.8, 4) is 0 Å². The van der Waals surface area contributed by atoms with Crippen molar-refractivity contribution in [1.29, 1.82) is 0 Å². The van der Waals surface area contributed by atoms with Gasteiger partial charge in [0.05, 0.1) is 5.52 Å². The van der Waals surface area contributed by atoms with Crippen LogP contribution in [0.1, 0.15) is 15.9 Å². The van der Waals surface area contributed by atoms with Crippen molar-refractivity contribution in [3.63, 3.8) is 0 Å². The first-order chi connectivity index (χ1) is 9.74. The first-order valence-electron chi connectivity index (χ1n) is 6.21. The molecule has 0 fully saturated rings. The normalized spacial score (nSPS) is 10.7. The number of Topliss-reactive ketones (excluding diaryl/α,β-unsaturated/α-hetero) is 1. The minimum atomic E-state index is 0.0190. The zero-order chi connectivity index (χ0) is 13.9. The molecule has 0 spiro atoms. The van der Waals surface area contributed by atoms with Gasteiger partial charge in [0, 0.05) is 29.8 Å². The number of carbonyl (C=O) groups excluding carboxylic acids is 1. The van der Waals surface area contributed by atoms with Crippen LogP contribution in [0.2, 0.25) is 5.15 Å². The molecule has 0 amide bonds. The second-order valence-corrected chi connectivity index (χ2v) is 4.84. The molecule has 0 aliphatic carbocycles. The Balaban J connectivity index is 1.93. The van der Waals surface area contributed by atoms with Gasteiger partial charge < -0.3 is 0 Å². The van der Waals surface area contributed by atoms with Gasteiger partial charge in [0.15, 0.2) is 5.78 Å². The van der Waals surface area contributed by atoms with Crippen molar-refractivity contribution < 1.29 is 4.79 Å². The van der Waals surface area contributed by atoms with Crippen LogP contribution in [0.3, 0.4) is 0 Å². The molecule has 0 bridgehead atoms. The first-order valence-corrected chi connectivity index (χ1v) is 6.59. The maximum absolute atomic E-state index is 12.3. The Morgan fingerprint density at radius 3 is 2.70 bits per heavy atom. The number of pyridine rings is 2. The van der Waals surface area contributed by atoms with Crippen molar-refractivity contribution in [2.24, 2.45) is 0 Å². The van der Waals surface area contributed by atoms with Crippen LogP contribution in [0.15, 0.2) is 54.9 Å². The molecule has 2 aromatic heterocycles. The number of aromatic nitrogens is 2. The van der Waals surface area contributed by atoms with Crippen LogP contribution in [0.4, 0.5) is 0 Å². The number of para-hydroxylation sites is 1. The van der Waals surface area contributed by atoms with Gasteiger partial charge in [-0.2, -0.15) is 0 Å². The van der Waals surface area contributed by atoms with Crippen LogP contribution in [-0.2, 0) is 6.42 Å². The summed E-state index contributed by atoms with van der Waals surface area (Å²) in [7, 11) is 0. The highest BCUT2D eigenvalue weighted by Gasteiger charge is 2.10. The fraction of sp³-hybridized carbons (Fsp3) is 0.0625. The Kier molecular flexibility index (Phi) is 3.44.